The summed E-state index contributed by atoms with van der Waals surface area (Å²) in [5.41, 5.74) is 10.6. The monoisotopic (exact) mass is 561 g/mol. The highest BCUT2D eigenvalue weighted by atomic mass is 32.1. The largest absolute Gasteiger partial charge is 0.496 e. The first-order valence-corrected chi connectivity index (χ1v) is 15.6. The summed E-state index contributed by atoms with van der Waals surface area (Å²) in [5.74, 6) is 2.93. The van der Waals surface area contributed by atoms with Crippen LogP contribution in [0.2, 0.25) is 0 Å². The Morgan fingerprint density at radius 3 is 2.38 bits per heavy atom. The van der Waals surface area contributed by atoms with Crippen LogP contribution >= 0.6 is 11.3 Å². The molecule has 0 unspecified atom stereocenters. The van der Waals surface area contributed by atoms with Crippen molar-refractivity contribution in [2.75, 3.05) is 32.2 Å². The van der Waals surface area contributed by atoms with Gasteiger partial charge in [-0.2, -0.15) is 0 Å². The van der Waals surface area contributed by atoms with E-state index in [9.17, 15) is 4.79 Å². The number of rotatable bonds is 9. The molecule has 1 heterocycles. The molecule has 0 aliphatic heterocycles. The third-order valence-corrected chi connectivity index (χ3v) is 10.1. The number of carbonyl (C=O) groups is 1. The molecule has 0 radical (unpaired) electrons. The molecule has 1 aromatic heterocycles. The van der Waals surface area contributed by atoms with Gasteiger partial charge in [0, 0.05) is 24.3 Å². The third kappa shape index (κ3) is 6.52. The van der Waals surface area contributed by atoms with Gasteiger partial charge < -0.3 is 20.1 Å². The number of aromatic nitrogens is 1. The van der Waals surface area contributed by atoms with E-state index in [0.29, 0.717) is 22.9 Å². The zero-order chi connectivity index (χ0) is 28.1. The number of thiazole rings is 1. The molecule has 2 fully saturated rings. The van der Waals surface area contributed by atoms with Gasteiger partial charge in [0.25, 0.3) is 5.19 Å². The second-order valence-corrected chi connectivity index (χ2v) is 12.6. The number of amides is 1. The van der Waals surface area contributed by atoms with E-state index in [1.165, 1.54) is 22.5 Å². The average Bonchev–Trinajstić information content (AvgIpc) is 3.50. The molecule has 2 aliphatic carbocycles. The number of hydrogen-bond donors (Lipinski definition) is 1. The van der Waals surface area contributed by atoms with Crippen LogP contribution in [0, 0.1) is 24.7 Å². The molecule has 0 atom stereocenters. The second-order valence-electron chi connectivity index (χ2n) is 11.6. The Morgan fingerprint density at radius 2 is 1.73 bits per heavy atom. The van der Waals surface area contributed by atoms with E-state index in [0.717, 1.165) is 86.3 Å². The van der Waals surface area contributed by atoms with Gasteiger partial charge in [0.05, 0.1) is 19.1 Å². The fourth-order valence-electron chi connectivity index (χ4n) is 6.59. The lowest BCUT2D eigenvalue weighted by molar-refractivity contribution is -0.123. The van der Waals surface area contributed by atoms with Gasteiger partial charge in [0.2, 0.25) is 5.91 Å². The molecule has 0 spiro atoms. The van der Waals surface area contributed by atoms with Crippen LogP contribution in [0.1, 0.15) is 68.4 Å². The van der Waals surface area contributed by atoms with Crippen LogP contribution < -0.4 is 20.1 Å². The van der Waals surface area contributed by atoms with Crippen molar-refractivity contribution < 1.29 is 14.3 Å². The first kappa shape index (κ1) is 28.6. The summed E-state index contributed by atoms with van der Waals surface area (Å²) in [6, 6.07) is 15.0. The zero-order valence-corrected chi connectivity index (χ0v) is 24.9. The van der Waals surface area contributed by atoms with Gasteiger partial charge in [-0.3, -0.25) is 4.79 Å². The summed E-state index contributed by atoms with van der Waals surface area (Å²) in [7, 11) is 3.37. The maximum atomic E-state index is 14.1. The Bertz CT molecular complexity index is 1280. The summed E-state index contributed by atoms with van der Waals surface area (Å²) in [6.45, 7) is 3.62. The van der Waals surface area contributed by atoms with Crippen LogP contribution in [-0.2, 0) is 4.79 Å². The SMILES string of the molecule is COc1ncc(-c2cccc(N(CC3CCC(c4ccc(OC)c(C)c4)CC3)C(=O)C3CCC(CN)CC3)c2)s1. The predicted octanol–water partition coefficient (Wildman–Crippen LogP) is 7.21. The van der Waals surface area contributed by atoms with Crippen molar-refractivity contribution in [3.63, 3.8) is 0 Å². The van der Waals surface area contributed by atoms with E-state index in [1.54, 1.807) is 14.2 Å². The molecule has 2 aromatic carbocycles. The van der Waals surface area contributed by atoms with Gasteiger partial charge in [-0.05, 0) is 117 Å². The number of hydrogen-bond acceptors (Lipinski definition) is 6. The summed E-state index contributed by atoms with van der Waals surface area (Å²) < 4.78 is 10.8. The van der Waals surface area contributed by atoms with Crippen LogP contribution in [-0.4, -0.2) is 38.2 Å². The van der Waals surface area contributed by atoms with Crippen molar-refractivity contribution in [1.29, 1.82) is 0 Å². The molecule has 3 aromatic rings. The molecule has 0 saturated heterocycles. The van der Waals surface area contributed by atoms with Gasteiger partial charge in [-0.1, -0.05) is 35.6 Å². The fraction of sp³-hybridized carbons (Fsp3) is 0.515. The van der Waals surface area contributed by atoms with E-state index >= 15 is 0 Å². The third-order valence-electron chi connectivity index (χ3n) is 9.07. The number of ether oxygens (including phenoxy) is 2. The van der Waals surface area contributed by atoms with Crippen LogP contribution in [0.5, 0.6) is 10.9 Å². The lowest BCUT2D eigenvalue weighted by atomic mass is 9.77. The molecule has 6 nitrogen and oxygen atoms in total. The highest BCUT2D eigenvalue weighted by Crippen LogP contribution is 2.40. The molecule has 1 amide bonds. The Balaban J connectivity index is 1.33. The van der Waals surface area contributed by atoms with E-state index in [4.69, 9.17) is 15.2 Å². The van der Waals surface area contributed by atoms with Crippen molar-refractivity contribution >= 4 is 22.9 Å². The van der Waals surface area contributed by atoms with Crippen LogP contribution in [0.15, 0.2) is 48.7 Å². The summed E-state index contributed by atoms with van der Waals surface area (Å²) in [4.78, 5) is 21.6. The molecule has 2 N–H and O–H groups in total. The quantitative estimate of drug-likeness (QED) is 0.299. The van der Waals surface area contributed by atoms with E-state index in [-0.39, 0.29) is 11.8 Å². The average molecular weight is 562 g/mol. The Labute approximate surface area is 242 Å². The Morgan fingerprint density at radius 1 is 0.975 bits per heavy atom. The predicted molar refractivity (Wildman–Crippen MR) is 163 cm³/mol. The van der Waals surface area contributed by atoms with E-state index in [1.807, 2.05) is 6.20 Å². The highest BCUT2D eigenvalue weighted by Gasteiger charge is 2.32. The Hall–Kier alpha value is -2.90. The minimum Gasteiger partial charge on any atom is -0.496 e. The molecule has 7 heteroatoms. The number of nitrogens with two attached hydrogens (primary N) is 1. The molecule has 5 rings (SSSR count). The highest BCUT2D eigenvalue weighted by molar-refractivity contribution is 7.16. The lowest BCUT2D eigenvalue weighted by Crippen LogP contribution is -2.41. The summed E-state index contributed by atoms with van der Waals surface area (Å²) in [5, 5.41) is 0.647. The van der Waals surface area contributed by atoms with Crippen molar-refractivity contribution in [1.82, 2.24) is 4.98 Å². The van der Waals surface area contributed by atoms with Gasteiger partial charge in [0.1, 0.15) is 5.75 Å². The standard InChI is InChI=1S/C33H43N3O3S/c1-22-17-27(15-16-30(22)38-2)25-11-9-24(10-12-25)21-36(32(37)26-13-7-23(19-34)8-14-26)29-6-4-5-28(18-29)31-20-35-33(39-3)40-31/h4-6,15-18,20,23-26H,7-14,19,21,34H2,1-3H3. The topological polar surface area (TPSA) is 77.7 Å². The smallest absolute Gasteiger partial charge is 0.273 e. The number of carbonyl (C=O) groups excluding carboxylic acids is 1. The van der Waals surface area contributed by atoms with Crippen molar-refractivity contribution in [3.05, 3.63) is 59.8 Å². The maximum Gasteiger partial charge on any atom is 0.273 e. The number of nitrogens with zero attached hydrogens (tertiary/aromatic N) is 2. The van der Waals surface area contributed by atoms with Crippen LogP contribution in [0.25, 0.3) is 10.4 Å². The summed E-state index contributed by atoms with van der Waals surface area (Å²) in [6.07, 6.45) is 10.4. The van der Waals surface area contributed by atoms with Gasteiger partial charge in [-0.15, -0.1) is 0 Å². The number of aryl methyl sites for hydroxylation is 1. The number of anilines is 1. The number of methoxy groups -OCH3 is 2. The minimum atomic E-state index is 0.0774. The molecule has 2 saturated carbocycles. The summed E-state index contributed by atoms with van der Waals surface area (Å²) >= 11 is 1.53. The first-order chi connectivity index (χ1) is 19.5. The van der Waals surface area contributed by atoms with E-state index < -0.39 is 0 Å². The van der Waals surface area contributed by atoms with Gasteiger partial charge in [-0.25, -0.2) is 4.98 Å². The van der Waals surface area contributed by atoms with Crippen molar-refractivity contribution in [2.24, 2.45) is 23.5 Å². The molecular weight excluding hydrogens is 518 g/mol. The van der Waals surface area contributed by atoms with Crippen LogP contribution in [0.4, 0.5) is 5.69 Å². The van der Waals surface area contributed by atoms with Crippen LogP contribution in [0.3, 0.4) is 0 Å². The second kappa shape index (κ2) is 13.2. The Kier molecular flexibility index (Phi) is 9.43. The van der Waals surface area contributed by atoms with Gasteiger partial charge >= 0.3 is 0 Å². The molecule has 214 valence electrons. The number of benzene rings is 2. The molecule has 40 heavy (non-hydrogen) atoms. The van der Waals surface area contributed by atoms with Gasteiger partial charge in [0.15, 0.2) is 0 Å². The first-order valence-electron chi connectivity index (χ1n) is 14.7. The fourth-order valence-corrected chi connectivity index (χ4v) is 7.32. The van der Waals surface area contributed by atoms with Crippen molar-refractivity contribution in [2.45, 2.75) is 64.2 Å². The molecule has 2 aliphatic rings. The normalized spacial score (nSPS) is 23.0. The molecule has 0 bridgehead atoms. The lowest BCUT2D eigenvalue weighted by Gasteiger charge is -2.36. The van der Waals surface area contributed by atoms with E-state index in [2.05, 4.69) is 59.3 Å². The maximum absolute atomic E-state index is 14.1. The zero-order valence-electron chi connectivity index (χ0n) is 24.1. The van der Waals surface area contributed by atoms with Crippen molar-refractivity contribution in [3.8, 4) is 21.4 Å². The minimum absolute atomic E-state index is 0.0774. The molecular formula is C33H43N3O3S.